The lowest BCUT2D eigenvalue weighted by Gasteiger charge is -2.27. The summed E-state index contributed by atoms with van der Waals surface area (Å²) in [5.74, 6) is 0.0361. The van der Waals surface area contributed by atoms with Gasteiger partial charge in [-0.05, 0) is 48.8 Å². The van der Waals surface area contributed by atoms with Gasteiger partial charge in [-0.25, -0.2) is 0 Å². The first kappa shape index (κ1) is 15.8. The van der Waals surface area contributed by atoms with Gasteiger partial charge in [0.05, 0.1) is 18.2 Å². The number of carbonyl (C=O) groups excluding carboxylic acids is 1. The number of fused-ring (bicyclic) bond motifs is 1. The molecular formula is C19H25N3O. The van der Waals surface area contributed by atoms with Crippen molar-refractivity contribution >= 4 is 5.91 Å². The van der Waals surface area contributed by atoms with Crippen LogP contribution in [0, 0.1) is 12.3 Å². The molecule has 1 aliphatic rings. The number of hydrogen-bond acceptors (Lipinski definition) is 2. The normalized spacial score (nSPS) is 19.7. The predicted molar refractivity (Wildman–Crippen MR) is 91.1 cm³/mol. The Morgan fingerprint density at radius 1 is 1.39 bits per heavy atom. The largest absolute Gasteiger partial charge is 0.349 e. The summed E-state index contributed by atoms with van der Waals surface area (Å²) in [7, 11) is 0. The van der Waals surface area contributed by atoms with Gasteiger partial charge < -0.3 is 5.32 Å². The third kappa shape index (κ3) is 3.81. The number of benzene rings is 1. The molecule has 23 heavy (non-hydrogen) atoms. The predicted octanol–water partition coefficient (Wildman–Crippen LogP) is 3.48. The van der Waals surface area contributed by atoms with Gasteiger partial charge in [-0.3, -0.25) is 9.89 Å². The van der Waals surface area contributed by atoms with Crippen molar-refractivity contribution in [1.82, 2.24) is 15.5 Å². The summed E-state index contributed by atoms with van der Waals surface area (Å²) in [5, 5.41) is 10.3. The fourth-order valence-electron chi connectivity index (χ4n) is 3.44. The molecule has 0 aliphatic heterocycles. The van der Waals surface area contributed by atoms with E-state index in [1.165, 1.54) is 11.1 Å². The molecule has 0 spiro atoms. The van der Waals surface area contributed by atoms with E-state index in [1.54, 1.807) is 0 Å². The monoisotopic (exact) mass is 311 g/mol. The van der Waals surface area contributed by atoms with Crippen LogP contribution < -0.4 is 5.32 Å². The van der Waals surface area contributed by atoms with E-state index in [1.807, 2.05) is 13.0 Å². The number of nitrogens with zero attached hydrogens (tertiary/aromatic N) is 1. The van der Waals surface area contributed by atoms with Gasteiger partial charge in [0.25, 0.3) is 0 Å². The molecule has 4 nitrogen and oxygen atoms in total. The second-order valence-corrected chi connectivity index (χ2v) is 7.41. The SMILES string of the molecule is Cc1cc(CC(=O)NC2CC(C)(C)CCc3ccccc32)n[nH]1. The van der Waals surface area contributed by atoms with E-state index in [9.17, 15) is 4.79 Å². The number of amides is 1. The third-order valence-corrected chi connectivity index (χ3v) is 4.69. The van der Waals surface area contributed by atoms with Crippen LogP contribution in [0.25, 0.3) is 0 Å². The average molecular weight is 311 g/mol. The van der Waals surface area contributed by atoms with Crippen molar-refractivity contribution in [1.29, 1.82) is 0 Å². The second kappa shape index (κ2) is 6.19. The van der Waals surface area contributed by atoms with Gasteiger partial charge in [0, 0.05) is 5.69 Å². The molecule has 4 heteroatoms. The topological polar surface area (TPSA) is 57.8 Å². The minimum atomic E-state index is 0.0361. The third-order valence-electron chi connectivity index (χ3n) is 4.69. The quantitative estimate of drug-likeness (QED) is 0.853. The molecule has 1 heterocycles. The lowest BCUT2D eigenvalue weighted by Crippen LogP contribution is -2.32. The van der Waals surface area contributed by atoms with Crippen LogP contribution >= 0.6 is 0 Å². The van der Waals surface area contributed by atoms with Crippen molar-refractivity contribution in [2.24, 2.45) is 5.41 Å². The Morgan fingerprint density at radius 3 is 2.91 bits per heavy atom. The van der Waals surface area contributed by atoms with Crippen LogP contribution in [0.4, 0.5) is 0 Å². The molecule has 1 aromatic heterocycles. The van der Waals surface area contributed by atoms with Gasteiger partial charge in [-0.2, -0.15) is 5.10 Å². The molecule has 1 aliphatic carbocycles. The molecule has 1 unspecified atom stereocenters. The van der Waals surface area contributed by atoms with E-state index in [4.69, 9.17) is 0 Å². The van der Waals surface area contributed by atoms with Gasteiger partial charge in [0.15, 0.2) is 0 Å². The number of hydrogen-bond donors (Lipinski definition) is 2. The minimum Gasteiger partial charge on any atom is -0.349 e. The summed E-state index contributed by atoms with van der Waals surface area (Å²) in [6.07, 6.45) is 3.52. The van der Waals surface area contributed by atoms with Gasteiger partial charge in [0.1, 0.15) is 0 Å². The number of H-pyrrole nitrogens is 1. The molecule has 0 saturated carbocycles. The Morgan fingerprint density at radius 2 is 2.17 bits per heavy atom. The zero-order chi connectivity index (χ0) is 16.4. The Labute approximate surface area is 137 Å². The zero-order valence-electron chi connectivity index (χ0n) is 14.1. The van der Waals surface area contributed by atoms with Crippen LogP contribution in [0.1, 0.15) is 55.2 Å². The van der Waals surface area contributed by atoms with Crippen LogP contribution in [-0.4, -0.2) is 16.1 Å². The fraction of sp³-hybridized carbons (Fsp3) is 0.474. The molecule has 1 amide bonds. The number of aromatic nitrogens is 2. The van der Waals surface area contributed by atoms with Crippen LogP contribution in [0.2, 0.25) is 0 Å². The Kier molecular flexibility index (Phi) is 4.24. The minimum absolute atomic E-state index is 0.0361. The van der Waals surface area contributed by atoms with Crippen molar-refractivity contribution in [2.75, 3.05) is 0 Å². The van der Waals surface area contributed by atoms with E-state index in [0.717, 1.165) is 30.7 Å². The highest BCUT2D eigenvalue weighted by molar-refractivity contribution is 5.78. The maximum Gasteiger partial charge on any atom is 0.226 e. The highest BCUT2D eigenvalue weighted by atomic mass is 16.1. The smallest absolute Gasteiger partial charge is 0.226 e. The maximum atomic E-state index is 12.5. The second-order valence-electron chi connectivity index (χ2n) is 7.41. The van der Waals surface area contributed by atoms with Crippen LogP contribution in [-0.2, 0) is 17.6 Å². The number of aromatic amines is 1. The van der Waals surface area contributed by atoms with E-state index in [2.05, 4.69) is 53.6 Å². The maximum absolute atomic E-state index is 12.5. The molecule has 1 atom stereocenters. The highest BCUT2D eigenvalue weighted by Gasteiger charge is 2.30. The molecule has 0 saturated heterocycles. The lowest BCUT2D eigenvalue weighted by atomic mass is 9.83. The number of carbonyl (C=O) groups is 1. The first-order valence-electron chi connectivity index (χ1n) is 8.31. The van der Waals surface area contributed by atoms with E-state index >= 15 is 0 Å². The first-order valence-corrected chi connectivity index (χ1v) is 8.31. The lowest BCUT2D eigenvalue weighted by molar-refractivity contribution is -0.121. The van der Waals surface area contributed by atoms with E-state index in [-0.39, 0.29) is 17.4 Å². The van der Waals surface area contributed by atoms with Gasteiger partial charge >= 0.3 is 0 Å². The van der Waals surface area contributed by atoms with Crippen molar-refractivity contribution in [3.63, 3.8) is 0 Å². The summed E-state index contributed by atoms with van der Waals surface area (Å²) in [6.45, 7) is 6.52. The fourth-order valence-corrected chi connectivity index (χ4v) is 3.44. The van der Waals surface area contributed by atoms with Gasteiger partial charge in [-0.15, -0.1) is 0 Å². The van der Waals surface area contributed by atoms with Crippen molar-refractivity contribution in [3.8, 4) is 0 Å². The Balaban J connectivity index is 1.77. The summed E-state index contributed by atoms with van der Waals surface area (Å²) in [4.78, 5) is 12.5. The molecule has 0 radical (unpaired) electrons. The summed E-state index contributed by atoms with van der Waals surface area (Å²) >= 11 is 0. The van der Waals surface area contributed by atoms with Crippen molar-refractivity contribution in [2.45, 2.75) is 52.5 Å². The van der Waals surface area contributed by atoms with Gasteiger partial charge in [0.2, 0.25) is 5.91 Å². The first-order chi connectivity index (χ1) is 10.9. The molecule has 1 aromatic carbocycles. The molecule has 0 bridgehead atoms. The average Bonchev–Trinajstić information content (AvgIpc) is 2.84. The molecule has 3 rings (SSSR count). The molecule has 2 aromatic rings. The Bertz CT molecular complexity index is 702. The number of aryl methyl sites for hydroxylation is 2. The number of rotatable bonds is 3. The number of nitrogens with one attached hydrogen (secondary N) is 2. The van der Waals surface area contributed by atoms with Crippen LogP contribution in [0.5, 0.6) is 0 Å². The molecule has 0 fully saturated rings. The summed E-state index contributed by atoms with van der Waals surface area (Å²) < 4.78 is 0. The highest BCUT2D eigenvalue weighted by Crippen LogP contribution is 2.39. The van der Waals surface area contributed by atoms with E-state index < -0.39 is 0 Å². The molecule has 2 N–H and O–H groups in total. The van der Waals surface area contributed by atoms with Crippen LogP contribution in [0.3, 0.4) is 0 Å². The zero-order valence-corrected chi connectivity index (χ0v) is 14.1. The van der Waals surface area contributed by atoms with Crippen molar-refractivity contribution in [3.05, 3.63) is 52.8 Å². The van der Waals surface area contributed by atoms with E-state index in [0.29, 0.717) is 6.42 Å². The summed E-state index contributed by atoms with van der Waals surface area (Å²) in [6, 6.07) is 10.5. The summed E-state index contributed by atoms with van der Waals surface area (Å²) in [5.41, 5.74) is 4.62. The van der Waals surface area contributed by atoms with Crippen molar-refractivity contribution < 1.29 is 4.79 Å². The molecule has 122 valence electrons. The standard InChI is InChI=1S/C19H25N3O/c1-13-10-15(22-21-13)11-18(23)20-17-12-19(2,3)9-8-14-6-4-5-7-16(14)17/h4-7,10,17H,8-9,11-12H2,1-3H3,(H,20,23)(H,21,22). The molecular weight excluding hydrogens is 286 g/mol. The van der Waals surface area contributed by atoms with Crippen LogP contribution in [0.15, 0.2) is 30.3 Å². The van der Waals surface area contributed by atoms with Gasteiger partial charge in [-0.1, -0.05) is 38.1 Å². The Hall–Kier alpha value is -2.10.